The summed E-state index contributed by atoms with van der Waals surface area (Å²) in [5, 5.41) is 2.56. The van der Waals surface area contributed by atoms with Gasteiger partial charge >= 0.3 is 0 Å². The summed E-state index contributed by atoms with van der Waals surface area (Å²) >= 11 is 0. The fourth-order valence-corrected chi connectivity index (χ4v) is 3.39. The summed E-state index contributed by atoms with van der Waals surface area (Å²) in [7, 11) is 0. The zero-order valence-corrected chi connectivity index (χ0v) is 15.6. The summed E-state index contributed by atoms with van der Waals surface area (Å²) < 4.78 is 11.5. The van der Waals surface area contributed by atoms with Gasteiger partial charge in [-0.25, -0.2) is 0 Å². The molecule has 0 aliphatic carbocycles. The molecule has 0 heterocycles. The van der Waals surface area contributed by atoms with E-state index >= 15 is 0 Å². The van der Waals surface area contributed by atoms with Gasteiger partial charge < -0.3 is 15.2 Å². The molecule has 2 N–H and O–H groups in total. The van der Waals surface area contributed by atoms with Crippen molar-refractivity contribution >= 4 is 10.8 Å². The molecule has 0 bridgehead atoms. The Labute approximate surface area is 155 Å². The fraction of sp³-hybridized carbons (Fsp3) is 0.304. The molecule has 3 aromatic rings. The molecule has 3 rings (SSSR count). The van der Waals surface area contributed by atoms with Crippen LogP contribution in [0.3, 0.4) is 0 Å². The second kappa shape index (κ2) is 8.72. The Morgan fingerprint density at radius 3 is 2.35 bits per heavy atom. The van der Waals surface area contributed by atoms with Crippen molar-refractivity contribution in [3.05, 3.63) is 71.8 Å². The van der Waals surface area contributed by atoms with E-state index in [1.165, 1.54) is 21.9 Å². The molecule has 0 aliphatic rings. The predicted octanol–water partition coefficient (Wildman–Crippen LogP) is 4.92. The smallest absolute Gasteiger partial charge is 0.161 e. The van der Waals surface area contributed by atoms with Gasteiger partial charge in [0.25, 0.3) is 0 Å². The first-order valence-corrected chi connectivity index (χ1v) is 9.33. The van der Waals surface area contributed by atoms with E-state index in [0.717, 1.165) is 17.9 Å². The average molecular weight is 349 g/mol. The van der Waals surface area contributed by atoms with E-state index in [4.69, 9.17) is 15.2 Å². The number of nitrogens with two attached hydrogens (primary N) is 1. The van der Waals surface area contributed by atoms with Crippen molar-refractivity contribution < 1.29 is 9.47 Å². The average Bonchev–Trinajstić information content (AvgIpc) is 2.68. The topological polar surface area (TPSA) is 44.5 Å². The minimum Gasteiger partial charge on any atom is -0.490 e. The molecule has 0 aliphatic heterocycles. The zero-order chi connectivity index (χ0) is 18.4. The van der Waals surface area contributed by atoms with Crippen LogP contribution in [0.15, 0.2) is 60.7 Å². The lowest BCUT2D eigenvalue weighted by atomic mass is 9.89. The van der Waals surface area contributed by atoms with Crippen molar-refractivity contribution in [2.24, 2.45) is 5.73 Å². The SMILES string of the molecule is CCOc1ccc(C(CN)Cc2cccc3ccccc23)cc1OCC. The molecule has 1 atom stereocenters. The highest BCUT2D eigenvalue weighted by Gasteiger charge is 2.15. The van der Waals surface area contributed by atoms with Crippen molar-refractivity contribution in [2.75, 3.05) is 19.8 Å². The lowest BCUT2D eigenvalue weighted by Gasteiger charge is -2.19. The molecule has 1 unspecified atom stereocenters. The number of fused-ring (bicyclic) bond motifs is 1. The Kier molecular flexibility index (Phi) is 6.13. The van der Waals surface area contributed by atoms with Crippen molar-refractivity contribution in [2.45, 2.75) is 26.2 Å². The van der Waals surface area contributed by atoms with E-state index in [9.17, 15) is 0 Å². The van der Waals surface area contributed by atoms with E-state index in [2.05, 4.69) is 54.6 Å². The molecule has 0 radical (unpaired) electrons. The first-order valence-electron chi connectivity index (χ1n) is 9.33. The third-order valence-corrected chi connectivity index (χ3v) is 4.67. The van der Waals surface area contributed by atoms with Crippen LogP contribution in [0.2, 0.25) is 0 Å². The Balaban J connectivity index is 1.92. The highest BCUT2D eigenvalue weighted by Crippen LogP contribution is 2.33. The van der Waals surface area contributed by atoms with E-state index in [1.54, 1.807) is 0 Å². The maximum atomic E-state index is 6.15. The van der Waals surface area contributed by atoms with Crippen LogP contribution in [0, 0.1) is 0 Å². The predicted molar refractivity (Wildman–Crippen MR) is 108 cm³/mol. The number of ether oxygens (including phenoxy) is 2. The monoisotopic (exact) mass is 349 g/mol. The van der Waals surface area contributed by atoms with Gasteiger partial charge in [-0.2, -0.15) is 0 Å². The normalized spacial score (nSPS) is 12.1. The maximum Gasteiger partial charge on any atom is 0.161 e. The quantitative estimate of drug-likeness (QED) is 0.627. The fourth-order valence-electron chi connectivity index (χ4n) is 3.39. The Bertz CT molecular complexity index is 854. The highest BCUT2D eigenvalue weighted by atomic mass is 16.5. The minimum atomic E-state index is 0.232. The van der Waals surface area contributed by atoms with Gasteiger partial charge in [-0.15, -0.1) is 0 Å². The Morgan fingerprint density at radius 1 is 0.846 bits per heavy atom. The standard InChI is InChI=1S/C23H27NO2/c1-3-25-22-13-12-18(15-23(22)26-4-2)20(16-24)14-19-10-7-9-17-8-5-6-11-21(17)19/h5-13,15,20H,3-4,14,16,24H2,1-2H3. The lowest BCUT2D eigenvalue weighted by Crippen LogP contribution is -2.15. The van der Waals surface area contributed by atoms with Crippen molar-refractivity contribution in [1.29, 1.82) is 0 Å². The largest absolute Gasteiger partial charge is 0.490 e. The molecule has 3 nitrogen and oxygen atoms in total. The minimum absolute atomic E-state index is 0.232. The molecule has 136 valence electrons. The van der Waals surface area contributed by atoms with Crippen LogP contribution >= 0.6 is 0 Å². The van der Waals surface area contributed by atoms with Crippen LogP contribution in [0.1, 0.15) is 30.9 Å². The first-order chi connectivity index (χ1) is 12.8. The summed E-state index contributed by atoms with van der Waals surface area (Å²) in [5.41, 5.74) is 8.66. The van der Waals surface area contributed by atoms with Crippen molar-refractivity contribution in [1.82, 2.24) is 0 Å². The van der Waals surface area contributed by atoms with Crippen LogP contribution < -0.4 is 15.2 Å². The Morgan fingerprint density at radius 2 is 1.58 bits per heavy atom. The van der Waals surface area contributed by atoms with E-state index < -0.39 is 0 Å². The summed E-state index contributed by atoms with van der Waals surface area (Å²) in [6.45, 7) is 5.78. The summed E-state index contributed by atoms with van der Waals surface area (Å²) in [4.78, 5) is 0. The number of benzene rings is 3. The third kappa shape index (κ3) is 4.00. The van der Waals surface area contributed by atoms with Gasteiger partial charge in [0.1, 0.15) is 0 Å². The number of hydrogen-bond donors (Lipinski definition) is 1. The summed E-state index contributed by atoms with van der Waals surface area (Å²) in [5.74, 6) is 1.82. The molecule has 3 heteroatoms. The third-order valence-electron chi connectivity index (χ3n) is 4.67. The van der Waals surface area contributed by atoms with E-state index in [-0.39, 0.29) is 5.92 Å². The Hall–Kier alpha value is -2.52. The van der Waals surface area contributed by atoms with Crippen molar-refractivity contribution in [3.63, 3.8) is 0 Å². The van der Waals surface area contributed by atoms with Crippen LogP contribution in [-0.4, -0.2) is 19.8 Å². The van der Waals surface area contributed by atoms with Gasteiger partial charge in [-0.3, -0.25) is 0 Å². The van der Waals surface area contributed by atoms with Crippen LogP contribution in [0.5, 0.6) is 11.5 Å². The van der Waals surface area contributed by atoms with Crippen molar-refractivity contribution in [3.8, 4) is 11.5 Å². The van der Waals surface area contributed by atoms with Crippen LogP contribution in [-0.2, 0) is 6.42 Å². The van der Waals surface area contributed by atoms with Crippen LogP contribution in [0.25, 0.3) is 10.8 Å². The number of rotatable bonds is 8. The van der Waals surface area contributed by atoms with Gasteiger partial charge in [-0.1, -0.05) is 48.5 Å². The van der Waals surface area contributed by atoms with Gasteiger partial charge in [-0.05, 0) is 60.8 Å². The van der Waals surface area contributed by atoms with Crippen LogP contribution in [0.4, 0.5) is 0 Å². The maximum absolute atomic E-state index is 6.15. The molecule has 26 heavy (non-hydrogen) atoms. The molecule has 0 aromatic heterocycles. The summed E-state index contributed by atoms with van der Waals surface area (Å²) in [6, 6.07) is 21.2. The van der Waals surface area contributed by atoms with Gasteiger partial charge in [0, 0.05) is 5.92 Å². The molecule has 0 saturated carbocycles. The molecule has 0 amide bonds. The second-order valence-electron chi connectivity index (χ2n) is 6.35. The number of hydrogen-bond acceptors (Lipinski definition) is 3. The molecule has 0 fully saturated rings. The molecule has 0 saturated heterocycles. The molecular formula is C23H27NO2. The first kappa shape index (κ1) is 18.3. The van der Waals surface area contributed by atoms with Gasteiger partial charge in [0.2, 0.25) is 0 Å². The van der Waals surface area contributed by atoms with Gasteiger partial charge in [0.15, 0.2) is 11.5 Å². The van der Waals surface area contributed by atoms with E-state index in [0.29, 0.717) is 19.8 Å². The summed E-state index contributed by atoms with van der Waals surface area (Å²) in [6.07, 6.45) is 0.900. The highest BCUT2D eigenvalue weighted by molar-refractivity contribution is 5.85. The molecular weight excluding hydrogens is 322 g/mol. The lowest BCUT2D eigenvalue weighted by molar-refractivity contribution is 0.287. The zero-order valence-electron chi connectivity index (χ0n) is 15.6. The van der Waals surface area contributed by atoms with E-state index in [1.807, 2.05) is 19.9 Å². The molecule has 0 spiro atoms. The van der Waals surface area contributed by atoms with Gasteiger partial charge in [0.05, 0.1) is 13.2 Å². The second-order valence-corrected chi connectivity index (χ2v) is 6.35. The molecule has 3 aromatic carbocycles.